The van der Waals surface area contributed by atoms with Gasteiger partial charge in [-0.2, -0.15) is 0 Å². The van der Waals surface area contributed by atoms with Crippen LogP contribution >= 0.6 is 0 Å². The van der Waals surface area contributed by atoms with E-state index in [0.29, 0.717) is 0 Å². The minimum atomic E-state index is 0.209. The Hall–Kier alpha value is -0.650. The summed E-state index contributed by atoms with van der Waals surface area (Å²) < 4.78 is 5.00. The Labute approximate surface area is 104 Å². The minimum absolute atomic E-state index is 0.209. The van der Waals surface area contributed by atoms with Gasteiger partial charge in [-0.3, -0.25) is 4.79 Å². The molecule has 0 atom stereocenters. The first-order chi connectivity index (χ1) is 8.24. The highest BCUT2D eigenvalue weighted by atomic mass is 16.5. The number of hydrogen-bond acceptors (Lipinski definition) is 4. The molecule has 1 saturated heterocycles. The van der Waals surface area contributed by atoms with Gasteiger partial charge in [-0.05, 0) is 33.0 Å². The van der Waals surface area contributed by atoms with Crippen LogP contribution in [0.1, 0.15) is 12.8 Å². The summed E-state index contributed by atoms with van der Waals surface area (Å²) in [5, 5.41) is 6.28. The fourth-order valence-corrected chi connectivity index (χ4v) is 1.96. The number of nitrogens with one attached hydrogen (secondary N) is 2. The van der Waals surface area contributed by atoms with Crippen LogP contribution in [-0.2, 0) is 9.53 Å². The number of amides is 1. The molecule has 1 rings (SSSR count). The third kappa shape index (κ3) is 6.00. The molecule has 0 aliphatic carbocycles. The minimum Gasteiger partial charge on any atom is -0.383 e. The van der Waals surface area contributed by atoms with Crippen LogP contribution in [0.5, 0.6) is 0 Å². The molecule has 100 valence electrons. The lowest BCUT2D eigenvalue weighted by molar-refractivity contribution is -0.125. The van der Waals surface area contributed by atoms with E-state index in [2.05, 4.69) is 15.5 Å². The highest BCUT2D eigenvalue weighted by Gasteiger charge is 2.20. The van der Waals surface area contributed by atoms with Gasteiger partial charge in [0.1, 0.15) is 0 Å². The summed E-state index contributed by atoms with van der Waals surface area (Å²) >= 11 is 0. The molecule has 1 aliphatic heterocycles. The largest absolute Gasteiger partial charge is 0.383 e. The van der Waals surface area contributed by atoms with Gasteiger partial charge in [0.05, 0.1) is 6.61 Å². The molecule has 5 nitrogen and oxygen atoms in total. The van der Waals surface area contributed by atoms with E-state index >= 15 is 0 Å². The average molecular weight is 243 g/mol. The van der Waals surface area contributed by atoms with Crippen molar-refractivity contribution in [2.75, 3.05) is 53.5 Å². The maximum Gasteiger partial charge on any atom is 0.223 e. The number of carbonyl (C=O) groups is 1. The molecule has 0 bridgehead atoms. The van der Waals surface area contributed by atoms with Gasteiger partial charge in [-0.15, -0.1) is 0 Å². The molecule has 0 spiro atoms. The molecule has 0 aromatic heterocycles. The first-order valence-corrected chi connectivity index (χ1v) is 6.40. The van der Waals surface area contributed by atoms with Gasteiger partial charge in [-0.25, -0.2) is 0 Å². The summed E-state index contributed by atoms with van der Waals surface area (Å²) in [5.41, 5.74) is 0. The molecule has 1 fully saturated rings. The smallest absolute Gasteiger partial charge is 0.223 e. The third-order valence-electron chi connectivity index (χ3n) is 3.18. The third-order valence-corrected chi connectivity index (χ3v) is 3.18. The van der Waals surface area contributed by atoms with Gasteiger partial charge in [0.25, 0.3) is 0 Å². The molecule has 1 heterocycles. The van der Waals surface area contributed by atoms with Crippen molar-refractivity contribution >= 4 is 5.91 Å². The predicted molar refractivity (Wildman–Crippen MR) is 68.0 cm³/mol. The zero-order valence-corrected chi connectivity index (χ0v) is 11.0. The zero-order valence-electron chi connectivity index (χ0n) is 11.0. The van der Waals surface area contributed by atoms with Gasteiger partial charge >= 0.3 is 0 Å². The molecule has 0 radical (unpaired) electrons. The zero-order chi connectivity index (χ0) is 12.5. The van der Waals surface area contributed by atoms with Crippen molar-refractivity contribution in [3.63, 3.8) is 0 Å². The number of methoxy groups -OCH3 is 1. The Morgan fingerprint density at radius 2 is 2.12 bits per heavy atom. The van der Waals surface area contributed by atoms with Gasteiger partial charge in [0.2, 0.25) is 5.91 Å². The van der Waals surface area contributed by atoms with Crippen molar-refractivity contribution < 1.29 is 9.53 Å². The summed E-state index contributed by atoms with van der Waals surface area (Å²) in [6.45, 7) is 5.17. The SMILES string of the molecule is COCCN(C)CCNC(=O)C1CCNCC1. The van der Waals surface area contributed by atoms with Gasteiger partial charge < -0.3 is 20.3 Å². The Kier molecular flexibility index (Phi) is 7.16. The fraction of sp³-hybridized carbons (Fsp3) is 0.917. The van der Waals surface area contributed by atoms with Crippen molar-refractivity contribution in [2.24, 2.45) is 5.92 Å². The molecule has 1 aliphatic rings. The number of hydrogen-bond donors (Lipinski definition) is 2. The van der Waals surface area contributed by atoms with Crippen LogP contribution in [0.15, 0.2) is 0 Å². The fourth-order valence-electron chi connectivity index (χ4n) is 1.96. The monoisotopic (exact) mass is 243 g/mol. The highest BCUT2D eigenvalue weighted by molar-refractivity contribution is 5.78. The lowest BCUT2D eigenvalue weighted by Crippen LogP contribution is -2.41. The van der Waals surface area contributed by atoms with Gasteiger partial charge in [0.15, 0.2) is 0 Å². The molecule has 0 saturated carbocycles. The van der Waals surface area contributed by atoms with Crippen LogP contribution < -0.4 is 10.6 Å². The average Bonchev–Trinajstić information content (AvgIpc) is 2.37. The molecular formula is C12H25N3O2. The molecule has 2 N–H and O–H groups in total. The lowest BCUT2D eigenvalue weighted by Gasteiger charge is -2.22. The normalized spacial score (nSPS) is 17.4. The number of piperidine rings is 1. The van der Waals surface area contributed by atoms with E-state index in [1.54, 1.807) is 7.11 Å². The Balaban J connectivity index is 2.06. The van der Waals surface area contributed by atoms with Crippen LogP contribution in [0, 0.1) is 5.92 Å². The molecule has 0 unspecified atom stereocenters. The van der Waals surface area contributed by atoms with E-state index in [4.69, 9.17) is 4.74 Å². The molecule has 0 aromatic carbocycles. The summed E-state index contributed by atoms with van der Waals surface area (Å²) in [6, 6.07) is 0. The standard InChI is InChI=1S/C12H25N3O2/c1-15(9-10-17-2)8-7-14-12(16)11-3-5-13-6-4-11/h11,13H,3-10H2,1-2H3,(H,14,16). The Bertz CT molecular complexity index is 218. The predicted octanol–water partition coefficient (Wildman–Crippen LogP) is -0.320. The second-order valence-electron chi connectivity index (χ2n) is 4.61. The summed E-state index contributed by atoms with van der Waals surface area (Å²) in [4.78, 5) is 14.0. The topological polar surface area (TPSA) is 53.6 Å². The van der Waals surface area contributed by atoms with E-state index in [-0.39, 0.29) is 11.8 Å². The van der Waals surface area contributed by atoms with Crippen molar-refractivity contribution in [2.45, 2.75) is 12.8 Å². The Morgan fingerprint density at radius 1 is 1.41 bits per heavy atom. The first-order valence-electron chi connectivity index (χ1n) is 6.40. The van der Waals surface area contributed by atoms with E-state index in [9.17, 15) is 4.79 Å². The van der Waals surface area contributed by atoms with E-state index in [0.717, 1.165) is 52.2 Å². The van der Waals surface area contributed by atoms with Crippen molar-refractivity contribution in [1.29, 1.82) is 0 Å². The van der Waals surface area contributed by atoms with Crippen molar-refractivity contribution in [3.05, 3.63) is 0 Å². The van der Waals surface area contributed by atoms with Crippen molar-refractivity contribution in [1.82, 2.24) is 15.5 Å². The van der Waals surface area contributed by atoms with E-state index in [1.807, 2.05) is 7.05 Å². The van der Waals surface area contributed by atoms with Crippen LogP contribution in [-0.4, -0.2) is 64.3 Å². The maximum atomic E-state index is 11.8. The molecule has 17 heavy (non-hydrogen) atoms. The number of rotatable bonds is 7. The van der Waals surface area contributed by atoms with Crippen LogP contribution in [0.3, 0.4) is 0 Å². The second-order valence-corrected chi connectivity index (χ2v) is 4.61. The second kappa shape index (κ2) is 8.44. The lowest BCUT2D eigenvalue weighted by atomic mass is 9.97. The summed E-state index contributed by atoms with van der Waals surface area (Å²) in [7, 11) is 3.74. The molecule has 0 aromatic rings. The molecular weight excluding hydrogens is 218 g/mol. The highest BCUT2D eigenvalue weighted by Crippen LogP contribution is 2.10. The number of ether oxygens (including phenoxy) is 1. The van der Waals surface area contributed by atoms with Crippen LogP contribution in [0.4, 0.5) is 0 Å². The maximum absolute atomic E-state index is 11.8. The Morgan fingerprint density at radius 3 is 2.76 bits per heavy atom. The first kappa shape index (κ1) is 14.4. The van der Waals surface area contributed by atoms with E-state index in [1.165, 1.54) is 0 Å². The van der Waals surface area contributed by atoms with Gasteiger partial charge in [-0.1, -0.05) is 0 Å². The number of nitrogens with zero attached hydrogens (tertiary/aromatic N) is 1. The summed E-state index contributed by atoms with van der Waals surface area (Å²) in [5.74, 6) is 0.423. The quantitative estimate of drug-likeness (QED) is 0.643. The molecule has 1 amide bonds. The van der Waals surface area contributed by atoms with Gasteiger partial charge in [0, 0.05) is 32.7 Å². The van der Waals surface area contributed by atoms with Crippen molar-refractivity contribution in [3.8, 4) is 0 Å². The van der Waals surface area contributed by atoms with Crippen LogP contribution in [0.25, 0.3) is 0 Å². The molecule has 5 heteroatoms. The van der Waals surface area contributed by atoms with Crippen LogP contribution in [0.2, 0.25) is 0 Å². The number of carbonyl (C=O) groups excluding carboxylic acids is 1. The van der Waals surface area contributed by atoms with E-state index < -0.39 is 0 Å². The number of likely N-dealkylation sites (N-methyl/N-ethyl adjacent to an activating group) is 1. The summed E-state index contributed by atoms with van der Waals surface area (Å²) in [6.07, 6.45) is 1.93.